The van der Waals surface area contributed by atoms with Gasteiger partial charge in [0.15, 0.2) is 0 Å². The second kappa shape index (κ2) is 7.51. The van der Waals surface area contributed by atoms with E-state index in [0.717, 1.165) is 12.0 Å². The van der Waals surface area contributed by atoms with Crippen LogP contribution in [0.15, 0.2) is 59.4 Å². The third-order valence-corrected chi connectivity index (χ3v) is 4.46. The molecule has 0 aliphatic carbocycles. The molecule has 0 saturated carbocycles. The molecule has 0 saturated heterocycles. The van der Waals surface area contributed by atoms with Crippen LogP contribution in [-0.4, -0.2) is 21.2 Å². The van der Waals surface area contributed by atoms with Crippen LogP contribution in [0.25, 0.3) is 10.9 Å². The summed E-state index contributed by atoms with van der Waals surface area (Å²) in [5.41, 5.74) is 1.88. The van der Waals surface area contributed by atoms with Crippen molar-refractivity contribution in [2.75, 3.05) is 0 Å². The molecule has 0 aliphatic heterocycles. The average Bonchev–Trinajstić information content (AvgIpc) is 2.63. The Balaban J connectivity index is 1.88. The summed E-state index contributed by atoms with van der Waals surface area (Å²) >= 11 is 0. The number of hydrogen-bond donors (Lipinski definition) is 4. The van der Waals surface area contributed by atoms with Crippen LogP contribution in [0.3, 0.4) is 0 Å². The highest BCUT2D eigenvalue weighted by atomic mass is 16.3. The molecular formula is C20H22N2O3. The molecule has 2 aromatic carbocycles. The quantitative estimate of drug-likeness (QED) is 0.557. The molecule has 5 heteroatoms. The number of aromatic amines is 1. The van der Waals surface area contributed by atoms with Gasteiger partial charge in [-0.1, -0.05) is 43.3 Å². The Bertz CT molecular complexity index is 906. The Labute approximate surface area is 146 Å². The molecule has 1 aromatic heterocycles. The molecule has 0 fully saturated rings. The van der Waals surface area contributed by atoms with E-state index < -0.39 is 6.10 Å². The first-order chi connectivity index (χ1) is 12.1. The Kier molecular flexibility index (Phi) is 5.16. The van der Waals surface area contributed by atoms with Gasteiger partial charge in [0.1, 0.15) is 5.75 Å². The number of rotatable bonds is 6. The minimum absolute atomic E-state index is 0.00561. The number of aliphatic hydroxyl groups excluding tert-OH is 1. The molecule has 0 bridgehead atoms. The van der Waals surface area contributed by atoms with Crippen LogP contribution in [0.4, 0.5) is 0 Å². The minimum Gasteiger partial charge on any atom is -0.506 e. The van der Waals surface area contributed by atoms with Gasteiger partial charge < -0.3 is 20.5 Å². The van der Waals surface area contributed by atoms with Crippen molar-refractivity contribution < 1.29 is 10.2 Å². The van der Waals surface area contributed by atoms with Gasteiger partial charge >= 0.3 is 0 Å². The summed E-state index contributed by atoms with van der Waals surface area (Å²) in [4.78, 5) is 14.2. The molecule has 25 heavy (non-hydrogen) atoms. The number of nitrogens with one attached hydrogen (secondary N) is 2. The molecule has 3 rings (SSSR count). The maximum atomic E-state index is 11.5. The summed E-state index contributed by atoms with van der Waals surface area (Å²) in [6, 6.07) is 16.1. The lowest BCUT2D eigenvalue weighted by atomic mass is 9.96. The van der Waals surface area contributed by atoms with E-state index in [0.29, 0.717) is 23.0 Å². The van der Waals surface area contributed by atoms with Gasteiger partial charge in [-0.15, -0.1) is 0 Å². The van der Waals surface area contributed by atoms with E-state index in [1.807, 2.05) is 37.3 Å². The lowest BCUT2D eigenvalue weighted by Gasteiger charge is -2.24. The van der Waals surface area contributed by atoms with E-state index in [2.05, 4.69) is 10.3 Å². The average molecular weight is 338 g/mol. The number of phenolic OH excluding ortho intramolecular Hbond substituents is 1. The second-order valence-electron chi connectivity index (χ2n) is 6.11. The van der Waals surface area contributed by atoms with Crippen LogP contribution in [-0.2, 0) is 6.54 Å². The number of hydrogen-bond acceptors (Lipinski definition) is 4. The van der Waals surface area contributed by atoms with Gasteiger partial charge in [0, 0.05) is 24.0 Å². The predicted molar refractivity (Wildman–Crippen MR) is 98.6 cm³/mol. The Morgan fingerprint density at radius 2 is 1.84 bits per heavy atom. The second-order valence-corrected chi connectivity index (χ2v) is 6.11. The maximum Gasteiger partial charge on any atom is 0.248 e. The number of fused-ring (bicyclic) bond motifs is 1. The van der Waals surface area contributed by atoms with Gasteiger partial charge in [-0.05, 0) is 29.7 Å². The zero-order valence-electron chi connectivity index (χ0n) is 14.1. The van der Waals surface area contributed by atoms with Crippen molar-refractivity contribution in [1.29, 1.82) is 0 Å². The van der Waals surface area contributed by atoms with E-state index in [1.165, 1.54) is 12.1 Å². The summed E-state index contributed by atoms with van der Waals surface area (Å²) in [6.07, 6.45) is -0.0255. The molecular weight excluding hydrogens is 316 g/mol. The number of pyridine rings is 1. The molecule has 0 spiro atoms. The van der Waals surface area contributed by atoms with Gasteiger partial charge in [0.2, 0.25) is 5.56 Å². The highest BCUT2D eigenvalue weighted by molar-refractivity contribution is 5.87. The number of phenols is 1. The standard InChI is InChI=1S/C20H22N2O3/c1-2-16(21-12-13-6-4-3-5-7-13)20(25)15-8-10-17(23)19-14(15)9-11-18(24)22-19/h3-11,16,20-21,23,25H,2,12H2,1H3,(H,22,24). The highest BCUT2D eigenvalue weighted by Gasteiger charge is 2.21. The van der Waals surface area contributed by atoms with Gasteiger partial charge in [-0.25, -0.2) is 0 Å². The summed E-state index contributed by atoms with van der Waals surface area (Å²) in [5, 5.41) is 24.9. The van der Waals surface area contributed by atoms with E-state index in [-0.39, 0.29) is 17.4 Å². The largest absolute Gasteiger partial charge is 0.506 e. The van der Waals surface area contributed by atoms with Crippen LogP contribution >= 0.6 is 0 Å². The molecule has 3 aromatic rings. The van der Waals surface area contributed by atoms with Crippen molar-refractivity contribution in [2.24, 2.45) is 0 Å². The van der Waals surface area contributed by atoms with Crippen molar-refractivity contribution in [1.82, 2.24) is 10.3 Å². The van der Waals surface area contributed by atoms with E-state index >= 15 is 0 Å². The van der Waals surface area contributed by atoms with Crippen molar-refractivity contribution in [3.8, 4) is 5.75 Å². The lowest BCUT2D eigenvalue weighted by molar-refractivity contribution is 0.126. The zero-order chi connectivity index (χ0) is 17.8. The summed E-state index contributed by atoms with van der Waals surface area (Å²) in [6.45, 7) is 2.67. The molecule has 1 heterocycles. The van der Waals surface area contributed by atoms with Gasteiger partial charge in [-0.3, -0.25) is 4.79 Å². The van der Waals surface area contributed by atoms with Crippen molar-refractivity contribution in [3.05, 3.63) is 76.1 Å². The number of H-pyrrole nitrogens is 1. The SMILES string of the molecule is CCC(NCc1ccccc1)C(O)c1ccc(O)c2[nH]c(=O)ccc12. The molecule has 0 amide bonds. The van der Waals surface area contributed by atoms with Gasteiger partial charge in [0.25, 0.3) is 0 Å². The Morgan fingerprint density at radius 1 is 1.08 bits per heavy atom. The maximum absolute atomic E-state index is 11.5. The fourth-order valence-electron chi connectivity index (χ4n) is 3.06. The van der Waals surface area contributed by atoms with E-state index in [9.17, 15) is 15.0 Å². The molecule has 0 radical (unpaired) electrons. The first kappa shape index (κ1) is 17.2. The van der Waals surface area contributed by atoms with Gasteiger partial charge in [0.05, 0.1) is 11.6 Å². The molecule has 0 aliphatic rings. The predicted octanol–water partition coefficient (Wildman–Crippen LogP) is 2.84. The normalized spacial score (nSPS) is 13.7. The summed E-state index contributed by atoms with van der Waals surface area (Å²) in [7, 11) is 0. The third kappa shape index (κ3) is 3.73. The summed E-state index contributed by atoms with van der Waals surface area (Å²) in [5.74, 6) is -0.00561. The smallest absolute Gasteiger partial charge is 0.248 e. The fraction of sp³-hybridized carbons (Fsp3) is 0.250. The van der Waals surface area contributed by atoms with Crippen molar-refractivity contribution in [3.63, 3.8) is 0 Å². The molecule has 2 atom stereocenters. The Morgan fingerprint density at radius 3 is 2.56 bits per heavy atom. The zero-order valence-corrected chi connectivity index (χ0v) is 14.1. The molecule has 130 valence electrons. The van der Waals surface area contributed by atoms with Crippen molar-refractivity contribution in [2.45, 2.75) is 32.0 Å². The van der Waals surface area contributed by atoms with Crippen LogP contribution in [0, 0.1) is 0 Å². The van der Waals surface area contributed by atoms with Crippen LogP contribution in [0.1, 0.15) is 30.6 Å². The summed E-state index contributed by atoms with van der Waals surface area (Å²) < 4.78 is 0. The topological polar surface area (TPSA) is 85.3 Å². The number of benzene rings is 2. The highest BCUT2D eigenvalue weighted by Crippen LogP contribution is 2.30. The lowest BCUT2D eigenvalue weighted by Crippen LogP contribution is -2.34. The third-order valence-electron chi connectivity index (χ3n) is 4.46. The Hall–Kier alpha value is -2.63. The minimum atomic E-state index is -0.761. The van der Waals surface area contributed by atoms with Crippen LogP contribution < -0.4 is 10.9 Å². The number of aliphatic hydroxyl groups is 1. The first-order valence-corrected chi connectivity index (χ1v) is 8.40. The molecule has 4 N–H and O–H groups in total. The van der Waals surface area contributed by atoms with E-state index in [1.54, 1.807) is 12.1 Å². The number of aromatic nitrogens is 1. The van der Waals surface area contributed by atoms with Crippen LogP contribution in [0.5, 0.6) is 5.75 Å². The fourth-order valence-corrected chi connectivity index (χ4v) is 3.06. The van der Waals surface area contributed by atoms with E-state index in [4.69, 9.17) is 0 Å². The van der Waals surface area contributed by atoms with Gasteiger partial charge in [-0.2, -0.15) is 0 Å². The number of aromatic hydroxyl groups is 1. The van der Waals surface area contributed by atoms with Crippen molar-refractivity contribution >= 4 is 10.9 Å². The van der Waals surface area contributed by atoms with Crippen LogP contribution in [0.2, 0.25) is 0 Å². The monoisotopic (exact) mass is 338 g/mol. The molecule has 2 unspecified atom stereocenters. The molecule has 5 nitrogen and oxygen atoms in total. The first-order valence-electron chi connectivity index (χ1n) is 8.40.